The first-order valence-electron chi connectivity index (χ1n) is 7.92. The molecule has 0 aliphatic heterocycles. The second kappa shape index (κ2) is 7.51. The lowest BCUT2D eigenvalue weighted by Crippen LogP contribution is -2.37. The molecule has 0 saturated heterocycles. The highest BCUT2D eigenvalue weighted by molar-refractivity contribution is 6.33. The number of hydrogen-bond acceptors (Lipinski definition) is 3. The van der Waals surface area contributed by atoms with Crippen LogP contribution in [0.3, 0.4) is 0 Å². The summed E-state index contributed by atoms with van der Waals surface area (Å²) in [6.45, 7) is 1.86. The maximum atomic E-state index is 13.7. The lowest BCUT2D eigenvalue weighted by Gasteiger charge is -2.15. The van der Waals surface area contributed by atoms with Gasteiger partial charge in [0.1, 0.15) is 31.8 Å². The van der Waals surface area contributed by atoms with E-state index >= 15 is 0 Å². The van der Waals surface area contributed by atoms with Crippen molar-refractivity contribution in [2.24, 2.45) is 0 Å². The molecule has 2 aromatic heterocycles. The van der Waals surface area contributed by atoms with Crippen LogP contribution in [0.5, 0.6) is 5.75 Å². The van der Waals surface area contributed by atoms with Crippen molar-refractivity contribution in [2.45, 2.75) is 20.1 Å². The maximum absolute atomic E-state index is 13.7. The molecular weight excluding hydrogens is 337 g/mol. The largest absolute Gasteiger partial charge is 0.489 e. The van der Waals surface area contributed by atoms with Gasteiger partial charge in [0, 0.05) is 29.0 Å². The van der Waals surface area contributed by atoms with Crippen LogP contribution in [0.15, 0.2) is 53.5 Å². The van der Waals surface area contributed by atoms with Gasteiger partial charge in [0.2, 0.25) is 5.56 Å². The molecule has 0 unspecified atom stereocenters. The highest BCUT2D eigenvalue weighted by Crippen LogP contribution is 2.14. The predicted molar refractivity (Wildman–Crippen MR) is 94.9 cm³/mol. The molecule has 0 atom stereocenters. The van der Waals surface area contributed by atoms with E-state index in [0.717, 1.165) is 17.8 Å². The SMILES string of the molecule is [B]c1c(OCc2ccc(F)cc2F)cc(C)n(Cc2ccccn2)c1=O. The minimum atomic E-state index is -0.719. The summed E-state index contributed by atoms with van der Waals surface area (Å²) < 4.78 is 33.6. The normalized spacial score (nSPS) is 10.7. The highest BCUT2D eigenvalue weighted by atomic mass is 19.1. The lowest BCUT2D eigenvalue weighted by atomic mass is 9.96. The molecule has 2 heterocycles. The Morgan fingerprint density at radius 2 is 2.00 bits per heavy atom. The quantitative estimate of drug-likeness (QED) is 0.662. The Balaban J connectivity index is 1.84. The van der Waals surface area contributed by atoms with Crippen LogP contribution in [0.25, 0.3) is 0 Å². The van der Waals surface area contributed by atoms with E-state index in [-0.39, 0.29) is 29.9 Å². The highest BCUT2D eigenvalue weighted by Gasteiger charge is 2.12. The number of aromatic nitrogens is 2. The molecule has 4 nitrogen and oxygen atoms in total. The Labute approximate surface area is 150 Å². The zero-order chi connectivity index (χ0) is 18.7. The van der Waals surface area contributed by atoms with Crippen molar-refractivity contribution in [3.05, 3.63) is 87.6 Å². The maximum Gasteiger partial charge on any atom is 0.247 e. The second-order valence-electron chi connectivity index (χ2n) is 5.80. The van der Waals surface area contributed by atoms with Crippen molar-refractivity contribution in [2.75, 3.05) is 0 Å². The Bertz CT molecular complexity index is 991. The monoisotopic (exact) mass is 352 g/mol. The van der Waals surface area contributed by atoms with E-state index in [0.29, 0.717) is 5.69 Å². The van der Waals surface area contributed by atoms with E-state index in [4.69, 9.17) is 12.6 Å². The van der Waals surface area contributed by atoms with Crippen molar-refractivity contribution in [3.8, 4) is 5.75 Å². The van der Waals surface area contributed by atoms with Gasteiger partial charge >= 0.3 is 0 Å². The van der Waals surface area contributed by atoms with Crippen LogP contribution in [-0.2, 0) is 13.2 Å². The molecule has 0 bridgehead atoms. The summed E-state index contributed by atoms with van der Waals surface area (Å²) in [5.74, 6) is -1.23. The Morgan fingerprint density at radius 3 is 2.69 bits per heavy atom. The van der Waals surface area contributed by atoms with E-state index in [1.54, 1.807) is 25.3 Å². The zero-order valence-electron chi connectivity index (χ0n) is 14.1. The predicted octanol–water partition coefficient (Wildman–Crippen LogP) is 2.25. The molecule has 3 rings (SSSR count). The average Bonchev–Trinajstić information content (AvgIpc) is 2.63. The standard InChI is InChI=1S/C19H15BF2N2O2/c1-12-8-17(26-11-13-5-6-14(21)9-16(13)22)18(20)19(25)24(12)10-15-4-2-3-7-23-15/h2-9H,10-11H2,1H3. The Kier molecular flexibility index (Phi) is 5.16. The molecule has 2 radical (unpaired) electrons. The molecule has 7 heteroatoms. The van der Waals surface area contributed by atoms with Gasteiger partial charge in [0.15, 0.2) is 0 Å². The number of hydrogen-bond donors (Lipinski definition) is 0. The Morgan fingerprint density at radius 1 is 1.19 bits per heavy atom. The second-order valence-corrected chi connectivity index (χ2v) is 5.80. The molecule has 130 valence electrons. The molecule has 0 N–H and O–H groups in total. The van der Waals surface area contributed by atoms with Crippen LogP contribution in [0, 0.1) is 18.6 Å². The minimum absolute atomic E-state index is 0.0750. The summed E-state index contributed by atoms with van der Waals surface area (Å²) in [6, 6.07) is 10.3. The summed E-state index contributed by atoms with van der Waals surface area (Å²) in [4.78, 5) is 16.7. The van der Waals surface area contributed by atoms with Gasteiger partial charge < -0.3 is 9.30 Å². The minimum Gasteiger partial charge on any atom is -0.489 e. The van der Waals surface area contributed by atoms with Crippen molar-refractivity contribution < 1.29 is 13.5 Å². The van der Waals surface area contributed by atoms with Crippen molar-refractivity contribution >= 4 is 13.3 Å². The summed E-state index contributed by atoms with van der Waals surface area (Å²) in [5.41, 5.74) is 1.03. The summed E-state index contributed by atoms with van der Waals surface area (Å²) in [5, 5.41) is 0. The first-order valence-corrected chi connectivity index (χ1v) is 7.92. The number of rotatable bonds is 5. The molecule has 0 aliphatic rings. The molecule has 0 aliphatic carbocycles. The van der Waals surface area contributed by atoms with E-state index in [9.17, 15) is 13.6 Å². The van der Waals surface area contributed by atoms with E-state index in [1.165, 1.54) is 10.6 Å². The van der Waals surface area contributed by atoms with Gasteiger partial charge in [-0.2, -0.15) is 0 Å². The average molecular weight is 352 g/mol. The number of nitrogens with zero attached hydrogens (tertiary/aromatic N) is 2. The van der Waals surface area contributed by atoms with Crippen molar-refractivity contribution in [1.82, 2.24) is 9.55 Å². The molecule has 0 spiro atoms. The van der Waals surface area contributed by atoms with Gasteiger partial charge in [-0.15, -0.1) is 0 Å². The zero-order valence-corrected chi connectivity index (χ0v) is 14.1. The van der Waals surface area contributed by atoms with Gasteiger partial charge in [0.05, 0.1) is 12.2 Å². The summed E-state index contributed by atoms with van der Waals surface area (Å²) in [7, 11) is 5.90. The fourth-order valence-electron chi connectivity index (χ4n) is 2.52. The summed E-state index contributed by atoms with van der Waals surface area (Å²) >= 11 is 0. The van der Waals surface area contributed by atoms with Crippen LogP contribution in [0.1, 0.15) is 17.0 Å². The van der Waals surface area contributed by atoms with Crippen molar-refractivity contribution in [3.63, 3.8) is 0 Å². The Hall–Kier alpha value is -2.96. The van der Waals surface area contributed by atoms with Crippen LogP contribution in [-0.4, -0.2) is 17.4 Å². The number of pyridine rings is 2. The lowest BCUT2D eigenvalue weighted by molar-refractivity contribution is 0.300. The topological polar surface area (TPSA) is 44.1 Å². The van der Waals surface area contributed by atoms with E-state index in [1.807, 2.05) is 12.1 Å². The molecule has 1 aromatic carbocycles. The van der Waals surface area contributed by atoms with Crippen LogP contribution >= 0.6 is 0 Å². The number of aryl methyl sites for hydroxylation is 1. The van der Waals surface area contributed by atoms with Crippen LogP contribution in [0.2, 0.25) is 0 Å². The van der Waals surface area contributed by atoms with Gasteiger partial charge in [-0.25, -0.2) is 8.78 Å². The number of halogens is 2. The summed E-state index contributed by atoms with van der Waals surface area (Å²) in [6.07, 6.45) is 1.65. The number of benzene rings is 1. The molecule has 3 aromatic rings. The first-order chi connectivity index (χ1) is 12.5. The third-order valence-electron chi connectivity index (χ3n) is 3.95. The molecule has 0 fully saturated rings. The van der Waals surface area contributed by atoms with Gasteiger partial charge in [-0.05, 0) is 37.3 Å². The molecular formula is C19H15BF2N2O2. The van der Waals surface area contributed by atoms with Crippen molar-refractivity contribution in [1.29, 1.82) is 0 Å². The third kappa shape index (κ3) is 3.82. The van der Waals surface area contributed by atoms with Crippen LogP contribution < -0.4 is 15.8 Å². The van der Waals surface area contributed by atoms with Gasteiger partial charge in [0.25, 0.3) is 0 Å². The molecule has 26 heavy (non-hydrogen) atoms. The molecule has 0 amide bonds. The first kappa shape index (κ1) is 17.9. The van der Waals surface area contributed by atoms with E-state index in [2.05, 4.69) is 4.98 Å². The van der Waals surface area contributed by atoms with Crippen LogP contribution in [0.4, 0.5) is 8.78 Å². The fourth-order valence-corrected chi connectivity index (χ4v) is 2.52. The third-order valence-corrected chi connectivity index (χ3v) is 3.95. The fraction of sp³-hybridized carbons (Fsp3) is 0.158. The van der Waals surface area contributed by atoms with Gasteiger partial charge in [-0.3, -0.25) is 9.78 Å². The van der Waals surface area contributed by atoms with E-state index < -0.39 is 17.2 Å². The molecule has 0 saturated carbocycles. The van der Waals surface area contributed by atoms with Gasteiger partial charge in [-0.1, -0.05) is 6.07 Å². The smallest absolute Gasteiger partial charge is 0.247 e. The number of ether oxygens (including phenoxy) is 1.